The Morgan fingerprint density at radius 2 is 0.731 bits per heavy atom. The van der Waals surface area contributed by atoms with Crippen LogP contribution < -0.4 is 21.3 Å². The Bertz CT molecular complexity index is 2320. The second kappa shape index (κ2) is 13.8. The van der Waals surface area contributed by atoms with Gasteiger partial charge in [0.05, 0.1) is 12.1 Å². The summed E-state index contributed by atoms with van der Waals surface area (Å²) in [5, 5.41) is 13.0. The first kappa shape index (κ1) is 33.3. The van der Waals surface area contributed by atoms with E-state index in [2.05, 4.69) is 93.4 Å². The first-order valence-electron chi connectivity index (χ1n) is 17.5. The van der Waals surface area contributed by atoms with Crippen LogP contribution in [0.5, 0.6) is 0 Å². The summed E-state index contributed by atoms with van der Waals surface area (Å²) in [5.41, 5.74) is 13.6. The second-order valence-corrected chi connectivity index (χ2v) is 15.4. The van der Waals surface area contributed by atoms with Gasteiger partial charge in [-0.1, -0.05) is 94.9 Å². The monoisotopic (exact) mass is 758 g/mol. The lowest BCUT2D eigenvalue weighted by Crippen LogP contribution is -2.31. The minimum absolute atomic E-state index is 0.0482. The Hall–Kier alpha value is -4.58. The molecule has 6 aromatic rings. The fourth-order valence-corrected chi connectivity index (χ4v) is 8.58. The van der Waals surface area contributed by atoms with E-state index < -0.39 is 0 Å². The molecule has 0 radical (unpaired) electrons. The number of benzene rings is 4. The van der Waals surface area contributed by atoms with Crippen LogP contribution in [0.25, 0.3) is 22.3 Å². The maximum atomic E-state index is 6.41. The first-order valence-corrected chi connectivity index (χ1v) is 19.1. The molecule has 0 saturated carbocycles. The van der Waals surface area contributed by atoms with Gasteiger partial charge in [0.1, 0.15) is 0 Å². The zero-order valence-corrected chi connectivity index (χ0v) is 31.1. The lowest BCUT2D eigenvalue weighted by molar-refractivity contribution is 0.756. The molecule has 52 heavy (non-hydrogen) atoms. The number of rotatable bonds is 4. The minimum Gasteiger partial charge on any atom is -0.381 e. The van der Waals surface area contributed by atoms with E-state index in [0.717, 1.165) is 81.2 Å². The van der Waals surface area contributed by atoms with Crippen molar-refractivity contribution in [3.63, 3.8) is 0 Å². The van der Waals surface area contributed by atoms with E-state index >= 15 is 0 Å². The fourth-order valence-electron chi connectivity index (χ4n) is 8.08. The summed E-state index contributed by atoms with van der Waals surface area (Å²) in [5.74, 6) is 0. The third-order valence-electron chi connectivity index (χ3n) is 10.4. The van der Waals surface area contributed by atoms with Crippen LogP contribution in [0.2, 0.25) is 20.1 Å². The number of aromatic nitrogens is 2. The van der Waals surface area contributed by atoms with Gasteiger partial charge in [-0.15, -0.1) is 0 Å². The molecule has 9 rings (SSSR count). The largest absolute Gasteiger partial charge is 0.381 e. The van der Waals surface area contributed by atoms with E-state index in [-0.39, 0.29) is 12.1 Å². The predicted molar refractivity (Wildman–Crippen MR) is 216 cm³/mol. The van der Waals surface area contributed by atoms with Gasteiger partial charge in [0.15, 0.2) is 0 Å². The molecule has 8 bridgehead atoms. The van der Waals surface area contributed by atoms with Gasteiger partial charge >= 0.3 is 0 Å². The molecule has 5 heterocycles. The van der Waals surface area contributed by atoms with Gasteiger partial charge in [-0.05, 0) is 121 Å². The number of halogens is 4. The molecule has 2 aromatic heterocycles. The average molecular weight is 761 g/mol. The molecule has 2 atom stereocenters. The van der Waals surface area contributed by atoms with Crippen molar-refractivity contribution in [2.75, 3.05) is 0 Å². The number of H-pyrrole nitrogens is 2. The minimum atomic E-state index is 0.0482. The summed E-state index contributed by atoms with van der Waals surface area (Å²) in [6, 6.07) is 41.6. The summed E-state index contributed by atoms with van der Waals surface area (Å²) in [4.78, 5) is 7.77. The highest BCUT2D eigenvalue weighted by molar-refractivity contribution is 6.31. The van der Waals surface area contributed by atoms with Crippen molar-refractivity contribution in [3.05, 3.63) is 197 Å². The Kier molecular flexibility index (Phi) is 8.80. The predicted octanol–water partition coefficient (Wildman–Crippen LogP) is 10.1. The van der Waals surface area contributed by atoms with Crippen LogP contribution in [-0.4, -0.2) is 22.1 Å². The Morgan fingerprint density at radius 3 is 1.10 bits per heavy atom. The van der Waals surface area contributed by atoms with Crippen LogP contribution in [0.15, 0.2) is 133 Å². The van der Waals surface area contributed by atoms with Crippen LogP contribution in [0.1, 0.15) is 59.3 Å². The number of fused-ring (bicyclic) bond motifs is 8. The first-order chi connectivity index (χ1) is 25.4. The topological polar surface area (TPSA) is 55.6 Å². The standard InChI is InChI=1S/C44H34Cl4N4/c45-29-9-1-25(2-10-29)41-33-17-19-35(49-33)42(26-3-11-30(46)12-4-26)37-21-23-39(51-37)44(28-7-15-32(48)16-8-28)40-24-22-38(52-40)43(36-20-18-34(41)50-36)27-5-13-31(47)14-6-27/h1-17,19,22,24,34,37,49-52H,18,20-21,23H2. The van der Waals surface area contributed by atoms with E-state index in [1.807, 2.05) is 48.5 Å². The van der Waals surface area contributed by atoms with Crippen LogP contribution in [0.4, 0.5) is 0 Å². The molecule has 4 aromatic carbocycles. The maximum Gasteiger partial charge on any atom is 0.0541 e. The van der Waals surface area contributed by atoms with Gasteiger partial charge in [-0.2, -0.15) is 0 Å². The molecule has 8 heteroatoms. The Balaban J connectivity index is 1.34. The molecule has 258 valence electrons. The summed E-state index contributed by atoms with van der Waals surface area (Å²) in [6.45, 7) is 0. The van der Waals surface area contributed by atoms with Crippen LogP contribution in [0.3, 0.4) is 0 Å². The molecule has 0 aliphatic carbocycles. The highest BCUT2D eigenvalue weighted by Gasteiger charge is 2.31. The third kappa shape index (κ3) is 6.28. The number of nitrogens with one attached hydrogen (secondary N) is 4. The summed E-state index contributed by atoms with van der Waals surface area (Å²) in [6.07, 6.45) is 3.59. The van der Waals surface area contributed by atoms with E-state index in [1.54, 1.807) is 0 Å². The molecule has 4 nitrogen and oxygen atoms in total. The maximum absolute atomic E-state index is 6.41. The normalized spacial score (nSPS) is 18.5. The summed E-state index contributed by atoms with van der Waals surface area (Å²) < 4.78 is 0. The van der Waals surface area contributed by atoms with Gasteiger partial charge in [0.2, 0.25) is 0 Å². The van der Waals surface area contributed by atoms with Crippen molar-refractivity contribution >= 4 is 68.7 Å². The van der Waals surface area contributed by atoms with Gasteiger partial charge in [0, 0.05) is 75.9 Å². The number of hydrogen-bond donors (Lipinski definition) is 4. The van der Waals surface area contributed by atoms with Gasteiger partial charge in [-0.3, -0.25) is 0 Å². The van der Waals surface area contributed by atoms with Crippen molar-refractivity contribution in [1.29, 1.82) is 0 Å². The lowest BCUT2D eigenvalue weighted by atomic mass is 9.96. The van der Waals surface area contributed by atoms with Crippen molar-refractivity contribution in [2.45, 2.75) is 37.8 Å². The zero-order chi connectivity index (χ0) is 35.3. The molecule has 0 amide bonds. The van der Waals surface area contributed by atoms with Gasteiger partial charge in [-0.25, -0.2) is 0 Å². The smallest absolute Gasteiger partial charge is 0.0541 e. The van der Waals surface area contributed by atoms with Crippen molar-refractivity contribution in [1.82, 2.24) is 20.6 Å². The van der Waals surface area contributed by atoms with Gasteiger partial charge in [0.25, 0.3) is 0 Å². The molecular formula is C44H34Cl4N4. The highest BCUT2D eigenvalue weighted by Crippen LogP contribution is 2.39. The van der Waals surface area contributed by atoms with Crippen molar-refractivity contribution in [2.24, 2.45) is 0 Å². The molecule has 3 aliphatic rings. The van der Waals surface area contributed by atoms with Crippen LogP contribution in [0, 0.1) is 0 Å². The summed E-state index contributed by atoms with van der Waals surface area (Å²) >= 11 is 25.6. The SMILES string of the molecule is Clc1ccc(C2=C3CCC(N3)C(c3ccc(Cl)cc3)=c3ccc([nH]3)=C(c3ccc(Cl)cc3)C3CCC(=C(c4ccc(Cl)cc4)c4ccc2[nH]4)N3)cc1. The molecular weight excluding hydrogens is 726 g/mol. The van der Waals surface area contributed by atoms with E-state index in [9.17, 15) is 0 Å². The van der Waals surface area contributed by atoms with Crippen molar-refractivity contribution in [3.8, 4) is 0 Å². The zero-order valence-electron chi connectivity index (χ0n) is 28.0. The quantitative estimate of drug-likeness (QED) is 0.145. The molecule has 2 fully saturated rings. The van der Waals surface area contributed by atoms with Gasteiger partial charge < -0.3 is 20.6 Å². The second-order valence-electron chi connectivity index (χ2n) is 13.6. The Morgan fingerprint density at radius 1 is 0.385 bits per heavy atom. The molecule has 2 saturated heterocycles. The fraction of sp³-hybridized carbons (Fsp3) is 0.136. The molecule has 3 aliphatic heterocycles. The summed E-state index contributed by atoms with van der Waals surface area (Å²) in [7, 11) is 0. The average Bonchev–Trinajstić information content (AvgIpc) is 3.99. The highest BCUT2D eigenvalue weighted by atomic mass is 35.5. The number of allylic oxidation sites excluding steroid dienone is 2. The van der Waals surface area contributed by atoms with E-state index in [4.69, 9.17) is 46.4 Å². The Labute approximate surface area is 322 Å². The van der Waals surface area contributed by atoms with E-state index in [0.29, 0.717) is 20.1 Å². The van der Waals surface area contributed by atoms with Crippen molar-refractivity contribution < 1.29 is 0 Å². The third-order valence-corrected chi connectivity index (χ3v) is 11.4. The molecule has 4 N–H and O–H groups in total. The number of aromatic amines is 2. The van der Waals surface area contributed by atoms with Crippen LogP contribution >= 0.6 is 46.4 Å². The van der Waals surface area contributed by atoms with Crippen LogP contribution in [-0.2, 0) is 0 Å². The number of hydrogen-bond acceptors (Lipinski definition) is 2. The lowest BCUT2D eigenvalue weighted by Gasteiger charge is -2.20. The van der Waals surface area contributed by atoms with E-state index in [1.165, 1.54) is 22.5 Å². The molecule has 0 spiro atoms. The molecule has 2 unspecified atom stereocenters.